The van der Waals surface area contributed by atoms with Gasteiger partial charge in [-0.2, -0.15) is 0 Å². The fraction of sp³-hybridized carbons (Fsp3) is 0.235. The number of rotatable bonds is 3. The number of halogens is 1. The minimum Gasteiger partial charge on any atom is -0.345 e. The summed E-state index contributed by atoms with van der Waals surface area (Å²) < 4.78 is 22.9. The number of benzene rings is 2. The van der Waals surface area contributed by atoms with E-state index in [-0.39, 0.29) is 16.8 Å². The van der Waals surface area contributed by atoms with E-state index in [0.29, 0.717) is 10.6 Å². The smallest absolute Gasteiger partial charge is 0.251 e. The molecule has 1 aliphatic carbocycles. The van der Waals surface area contributed by atoms with Crippen molar-refractivity contribution in [3.05, 3.63) is 64.2 Å². The van der Waals surface area contributed by atoms with Gasteiger partial charge in [-0.15, -0.1) is 0 Å². The Morgan fingerprint density at radius 2 is 1.87 bits per heavy atom. The van der Waals surface area contributed by atoms with Gasteiger partial charge in [0.05, 0.1) is 10.9 Å². The minimum absolute atomic E-state index is 0.0376. The molecule has 0 aliphatic heterocycles. The number of sulfone groups is 1. The van der Waals surface area contributed by atoms with Gasteiger partial charge in [-0.3, -0.25) is 4.79 Å². The van der Waals surface area contributed by atoms with Gasteiger partial charge in [0, 0.05) is 16.8 Å². The number of carbonyl (C=O) groups is 1. The van der Waals surface area contributed by atoms with Crippen molar-refractivity contribution in [2.24, 2.45) is 0 Å². The third kappa shape index (κ3) is 3.41. The molecule has 0 saturated heterocycles. The second-order valence-electron chi connectivity index (χ2n) is 5.70. The molecule has 0 saturated carbocycles. The normalized spacial score (nSPS) is 16.9. The van der Waals surface area contributed by atoms with Crippen molar-refractivity contribution in [2.45, 2.75) is 23.8 Å². The topological polar surface area (TPSA) is 63.2 Å². The Morgan fingerprint density at radius 1 is 1.17 bits per heavy atom. The molecule has 2 aromatic carbocycles. The highest BCUT2D eigenvalue weighted by atomic mass is 35.5. The van der Waals surface area contributed by atoms with Crippen LogP contribution in [0.15, 0.2) is 47.4 Å². The number of fused-ring (bicyclic) bond motifs is 1. The van der Waals surface area contributed by atoms with Gasteiger partial charge in [0.25, 0.3) is 5.91 Å². The highest BCUT2D eigenvalue weighted by molar-refractivity contribution is 7.90. The van der Waals surface area contributed by atoms with Crippen LogP contribution in [0.1, 0.15) is 33.9 Å². The Morgan fingerprint density at radius 3 is 2.52 bits per heavy atom. The van der Waals surface area contributed by atoms with E-state index in [1.807, 2.05) is 18.2 Å². The number of hydrogen-bond acceptors (Lipinski definition) is 3. The molecule has 3 rings (SSSR count). The van der Waals surface area contributed by atoms with Gasteiger partial charge in [-0.25, -0.2) is 8.42 Å². The number of hydrogen-bond donors (Lipinski definition) is 1. The maximum Gasteiger partial charge on any atom is 0.251 e. The van der Waals surface area contributed by atoms with E-state index in [0.717, 1.165) is 30.2 Å². The maximum absolute atomic E-state index is 12.4. The van der Waals surface area contributed by atoms with E-state index in [1.54, 1.807) is 0 Å². The van der Waals surface area contributed by atoms with Crippen LogP contribution in [-0.4, -0.2) is 20.6 Å². The van der Waals surface area contributed by atoms with E-state index in [2.05, 4.69) is 5.32 Å². The van der Waals surface area contributed by atoms with Crippen molar-refractivity contribution >= 4 is 27.3 Å². The fourth-order valence-corrected chi connectivity index (χ4v) is 3.66. The molecular formula is C17H16ClNO3S. The third-order valence-electron chi connectivity index (χ3n) is 4.03. The minimum atomic E-state index is -3.26. The molecule has 1 amide bonds. The Balaban J connectivity index is 1.76. The summed E-state index contributed by atoms with van der Waals surface area (Å²) in [7, 11) is -3.26. The molecule has 0 heterocycles. The summed E-state index contributed by atoms with van der Waals surface area (Å²) >= 11 is 5.99. The summed E-state index contributed by atoms with van der Waals surface area (Å²) in [5, 5.41) is 3.70. The molecule has 4 nitrogen and oxygen atoms in total. The maximum atomic E-state index is 12.4. The lowest BCUT2D eigenvalue weighted by Gasteiger charge is -2.14. The molecular weight excluding hydrogens is 334 g/mol. The lowest BCUT2D eigenvalue weighted by molar-refractivity contribution is 0.0936. The van der Waals surface area contributed by atoms with Crippen molar-refractivity contribution in [3.63, 3.8) is 0 Å². The average Bonchev–Trinajstić information content (AvgIpc) is 2.88. The standard InChI is InChI=1S/C17H16ClNO3S/c1-23(21,22)14-6-2-11(3-7-14)17(20)19-16-9-4-12-10-13(18)5-8-15(12)16/h2-3,5-8,10,16H,4,9H2,1H3,(H,19,20). The van der Waals surface area contributed by atoms with Crippen LogP contribution in [0.5, 0.6) is 0 Å². The zero-order valence-corrected chi connectivity index (χ0v) is 14.1. The molecule has 0 bridgehead atoms. The summed E-state index contributed by atoms with van der Waals surface area (Å²) in [4.78, 5) is 12.6. The number of amides is 1. The number of carbonyl (C=O) groups excluding carboxylic acids is 1. The second kappa shape index (κ2) is 5.98. The zero-order chi connectivity index (χ0) is 16.6. The predicted octanol–water partition coefficient (Wildman–Crippen LogP) is 3.16. The SMILES string of the molecule is CS(=O)(=O)c1ccc(C(=O)NC2CCc3cc(Cl)ccc32)cc1. The molecule has 1 aliphatic rings. The first-order chi connectivity index (χ1) is 10.8. The van der Waals surface area contributed by atoms with Crippen molar-refractivity contribution < 1.29 is 13.2 Å². The van der Waals surface area contributed by atoms with Gasteiger partial charge in [-0.05, 0) is 60.4 Å². The molecule has 120 valence electrons. The largest absolute Gasteiger partial charge is 0.345 e. The molecule has 1 unspecified atom stereocenters. The van der Waals surface area contributed by atoms with Gasteiger partial charge in [0.2, 0.25) is 0 Å². The molecule has 1 N–H and O–H groups in total. The first kappa shape index (κ1) is 16.0. The summed E-state index contributed by atoms with van der Waals surface area (Å²) in [5.74, 6) is -0.210. The van der Waals surface area contributed by atoms with E-state index in [9.17, 15) is 13.2 Å². The monoisotopic (exact) mass is 349 g/mol. The molecule has 1 atom stereocenters. The van der Waals surface area contributed by atoms with Gasteiger partial charge < -0.3 is 5.32 Å². The zero-order valence-electron chi connectivity index (χ0n) is 12.5. The summed E-state index contributed by atoms with van der Waals surface area (Å²) in [6, 6.07) is 11.6. The summed E-state index contributed by atoms with van der Waals surface area (Å²) in [6.45, 7) is 0. The van der Waals surface area contributed by atoms with E-state index in [1.165, 1.54) is 24.3 Å². The van der Waals surface area contributed by atoms with Crippen LogP contribution in [0.4, 0.5) is 0 Å². The van der Waals surface area contributed by atoms with Gasteiger partial charge in [0.1, 0.15) is 0 Å². The Hall–Kier alpha value is -1.85. The van der Waals surface area contributed by atoms with Gasteiger partial charge in [0.15, 0.2) is 9.84 Å². The first-order valence-electron chi connectivity index (χ1n) is 7.24. The first-order valence-corrected chi connectivity index (χ1v) is 9.51. The Labute approximate surface area is 140 Å². The molecule has 0 spiro atoms. The third-order valence-corrected chi connectivity index (χ3v) is 5.40. The average molecular weight is 350 g/mol. The quantitative estimate of drug-likeness (QED) is 0.925. The molecule has 0 fully saturated rings. The lowest BCUT2D eigenvalue weighted by atomic mass is 10.1. The van der Waals surface area contributed by atoms with Crippen LogP contribution in [0.2, 0.25) is 5.02 Å². The van der Waals surface area contributed by atoms with Crippen molar-refractivity contribution in [1.29, 1.82) is 0 Å². The van der Waals surface area contributed by atoms with Gasteiger partial charge in [-0.1, -0.05) is 17.7 Å². The Kier molecular flexibility index (Phi) is 4.17. The summed E-state index contributed by atoms with van der Waals surface area (Å²) in [5.41, 5.74) is 2.70. The molecule has 6 heteroatoms. The second-order valence-corrected chi connectivity index (χ2v) is 8.16. The highest BCUT2D eigenvalue weighted by Gasteiger charge is 2.24. The number of nitrogens with one attached hydrogen (secondary N) is 1. The van der Waals surface area contributed by atoms with Crippen LogP contribution in [0, 0.1) is 0 Å². The lowest BCUT2D eigenvalue weighted by Crippen LogP contribution is -2.27. The van der Waals surface area contributed by atoms with E-state index in [4.69, 9.17) is 11.6 Å². The Bertz CT molecular complexity index is 860. The van der Waals surface area contributed by atoms with Crippen LogP contribution >= 0.6 is 11.6 Å². The van der Waals surface area contributed by atoms with E-state index < -0.39 is 9.84 Å². The van der Waals surface area contributed by atoms with Crippen LogP contribution in [0.3, 0.4) is 0 Å². The highest BCUT2D eigenvalue weighted by Crippen LogP contribution is 2.33. The van der Waals surface area contributed by atoms with Crippen molar-refractivity contribution in [2.75, 3.05) is 6.26 Å². The number of aryl methyl sites for hydroxylation is 1. The molecule has 23 heavy (non-hydrogen) atoms. The predicted molar refractivity (Wildman–Crippen MR) is 89.5 cm³/mol. The van der Waals surface area contributed by atoms with Crippen molar-refractivity contribution in [3.8, 4) is 0 Å². The van der Waals surface area contributed by atoms with Crippen molar-refractivity contribution in [1.82, 2.24) is 5.32 Å². The fourth-order valence-electron chi connectivity index (χ4n) is 2.83. The van der Waals surface area contributed by atoms with Gasteiger partial charge >= 0.3 is 0 Å². The van der Waals surface area contributed by atoms with E-state index >= 15 is 0 Å². The molecule has 0 aromatic heterocycles. The molecule has 0 radical (unpaired) electrons. The van der Waals surface area contributed by atoms with Crippen LogP contribution in [0.25, 0.3) is 0 Å². The summed E-state index contributed by atoms with van der Waals surface area (Å²) in [6.07, 6.45) is 2.86. The van der Waals surface area contributed by atoms with Crippen LogP contribution in [-0.2, 0) is 16.3 Å². The molecule has 2 aromatic rings. The van der Waals surface area contributed by atoms with Crippen LogP contribution < -0.4 is 5.32 Å².